The number of nitrogens with one attached hydrogen (secondary N) is 1. The van der Waals surface area contributed by atoms with Gasteiger partial charge in [-0.25, -0.2) is 8.93 Å². The summed E-state index contributed by atoms with van der Waals surface area (Å²) in [7, 11) is -1.41. The molecule has 0 spiro atoms. The van der Waals surface area contributed by atoms with Gasteiger partial charge >= 0.3 is 5.97 Å². The van der Waals surface area contributed by atoms with Crippen molar-refractivity contribution in [1.29, 1.82) is 0 Å². The third kappa shape index (κ3) is 9.00. The van der Waals surface area contributed by atoms with Crippen molar-refractivity contribution < 1.29 is 18.7 Å². The summed E-state index contributed by atoms with van der Waals surface area (Å²) in [5, 5.41) is 11.4. The van der Waals surface area contributed by atoms with Crippen LogP contribution in [0.4, 0.5) is 0 Å². The maximum atomic E-state index is 12.3. The van der Waals surface area contributed by atoms with Gasteiger partial charge in [-0.3, -0.25) is 14.9 Å². The van der Waals surface area contributed by atoms with Crippen LogP contribution in [0, 0.1) is 16.0 Å². The number of ether oxygens (including phenoxy) is 1. The summed E-state index contributed by atoms with van der Waals surface area (Å²) in [5.41, 5.74) is 0. The highest BCUT2D eigenvalue weighted by Crippen LogP contribution is 2.18. The third-order valence-electron chi connectivity index (χ3n) is 3.22. The second kappa shape index (κ2) is 9.97. The van der Waals surface area contributed by atoms with Crippen LogP contribution in [0.5, 0.6) is 0 Å². The van der Waals surface area contributed by atoms with Gasteiger partial charge in [-0.2, -0.15) is 0 Å². The van der Waals surface area contributed by atoms with Crippen molar-refractivity contribution in [1.82, 2.24) is 4.72 Å². The Labute approximate surface area is 141 Å². The smallest absolute Gasteiger partial charge is 0.306 e. The van der Waals surface area contributed by atoms with Crippen molar-refractivity contribution >= 4 is 17.0 Å². The Balaban J connectivity index is 5.07. The van der Waals surface area contributed by atoms with Gasteiger partial charge in [0.15, 0.2) is 0 Å². The number of nitro groups is 1. The third-order valence-corrected chi connectivity index (χ3v) is 4.85. The molecule has 0 rings (SSSR count). The lowest BCUT2D eigenvalue weighted by Gasteiger charge is -2.27. The minimum atomic E-state index is -1.41. The fourth-order valence-corrected chi connectivity index (χ4v) is 2.94. The highest BCUT2D eigenvalue weighted by Gasteiger charge is 2.35. The Morgan fingerprint density at radius 3 is 2.30 bits per heavy atom. The van der Waals surface area contributed by atoms with Crippen LogP contribution >= 0.6 is 0 Å². The molecule has 0 aromatic carbocycles. The van der Waals surface area contributed by atoms with Crippen LogP contribution in [0.15, 0.2) is 0 Å². The molecule has 0 aliphatic carbocycles. The van der Waals surface area contributed by atoms with E-state index in [9.17, 15) is 19.1 Å². The number of carbonyl (C=O) groups excluding carboxylic acids is 1. The van der Waals surface area contributed by atoms with Crippen LogP contribution in [-0.2, 0) is 20.5 Å². The first kappa shape index (κ1) is 22.0. The molecular formula is C15H30N2O5S. The van der Waals surface area contributed by atoms with E-state index in [1.165, 1.54) is 0 Å². The Bertz CT molecular complexity index is 421. The molecular weight excluding hydrogens is 320 g/mol. The highest BCUT2D eigenvalue weighted by atomic mass is 32.2. The van der Waals surface area contributed by atoms with Gasteiger partial charge in [-0.15, -0.1) is 0 Å². The van der Waals surface area contributed by atoms with E-state index >= 15 is 0 Å². The highest BCUT2D eigenvalue weighted by molar-refractivity contribution is 7.84. The van der Waals surface area contributed by atoms with Gasteiger partial charge in [0.05, 0.1) is 34.8 Å². The summed E-state index contributed by atoms with van der Waals surface area (Å²) in [6.07, 6.45) is 0.561. The predicted octanol–water partition coefficient (Wildman–Crippen LogP) is 2.44. The summed E-state index contributed by atoms with van der Waals surface area (Å²) in [5.74, 6) is -0.242. The molecule has 0 radical (unpaired) electrons. The second-order valence-corrected chi connectivity index (χ2v) is 8.93. The molecule has 1 N–H and O–H groups in total. The maximum absolute atomic E-state index is 12.3. The lowest BCUT2D eigenvalue weighted by Crippen LogP contribution is -2.49. The van der Waals surface area contributed by atoms with Gasteiger partial charge < -0.3 is 4.74 Å². The zero-order valence-corrected chi connectivity index (χ0v) is 15.8. The molecule has 0 aromatic rings. The predicted molar refractivity (Wildman–Crippen MR) is 90.9 cm³/mol. The van der Waals surface area contributed by atoms with Gasteiger partial charge in [-0.05, 0) is 40.0 Å². The molecule has 3 atom stereocenters. The Kier molecular flexibility index (Phi) is 9.53. The Morgan fingerprint density at radius 2 is 1.91 bits per heavy atom. The van der Waals surface area contributed by atoms with Crippen molar-refractivity contribution in [3.05, 3.63) is 10.1 Å². The van der Waals surface area contributed by atoms with E-state index in [4.69, 9.17) is 4.74 Å². The molecule has 136 valence electrons. The van der Waals surface area contributed by atoms with Gasteiger partial charge in [0.1, 0.15) is 0 Å². The molecule has 0 aliphatic heterocycles. The number of carbonyl (C=O) groups is 1. The van der Waals surface area contributed by atoms with Crippen molar-refractivity contribution in [3.8, 4) is 0 Å². The average Bonchev–Trinajstić information content (AvgIpc) is 2.36. The van der Waals surface area contributed by atoms with Crippen molar-refractivity contribution in [2.45, 2.75) is 77.6 Å². The molecule has 0 saturated carbocycles. The van der Waals surface area contributed by atoms with Crippen LogP contribution in [0.2, 0.25) is 0 Å². The SMILES string of the molecule is CCOC(=O)CCC([C@@H](CC(C)C)NS(=O)C(C)(C)C)[N+](=O)[O-]. The van der Waals surface area contributed by atoms with Gasteiger partial charge in [0, 0.05) is 11.3 Å². The fourth-order valence-electron chi connectivity index (χ4n) is 2.06. The van der Waals surface area contributed by atoms with Crippen molar-refractivity contribution in [2.75, 3.05) is 6.61 Å². The lowest BCUT2D eigenvalue weighted by molar-refractivity contribution is -0.527. The van der Waals surface area contributed by atoms with E-state index in [-0.39, 0.29) is 30.3 Å². The van der Waals surface area contributed by atoms with Crippen molar-refractivity contribution in [3.63, 3.8) is 0 Å². The number of hydrogen-bond donors (Lipinski definition) is 1. The monoisotopic (exact) mass is 350 g/mol. The zero-order chi connectivity index (χ0) is 18.2. The molecule has 0 fully saturated rings. The number of hydrogen-bond acceptors (Lipinski definition) is 5. The maximum Gasteiger partial charge on any atom is 0.306 e. The van der Waals surface area contributed by atoms with Gasteiger partial charge in [-0.1, -0.05) is 13.8 Å². The largest absolute Gasteiger partial charge is 0.466 e. The van der Waals surface area contributed by atoms with E-state index in [0.717, 1.165) is 0 Å². The fraction of sp³-hybridized carbons (Fsp3) is 0.933. The van der Waals surface area contributed by atoms with Gasteiger partial charge in [0.25, 0.3) is 0 Å². The zero-order valence-electron chi connectivity index (χ0n) is 15.0. The van der Waals surface area contributed by atoms with Crippen molar-refractivity contribution in [2.24, 2.45) is 5.92 Å². The van der Waals surface area contributed by atoms with E-state index in [1.54, 1.807) is 6.92 Å². The minimum Gasteiger partial charge on any atom is -0.466 e. The summed E-state index contributed by atoms with van der Waals surface area (Å²) in [6, 6.07) is -1.53. The second-order valence-electron chi connectivity index (χ2n) is 6.93. The molecule has 0 aliphatic rings. The molecule has 0 amide bonds. The minimum absolute atomic E-state index is 0.0160. The van der Waals surface area contributed by atoms with Crippen LogP contribution in [-0.4, -0.2) is 38.5 Å². The van der Waals surface area contributed by atoms with Gasteiger partial charge in [0.2, 0.25) is 6.04 Å². The Morgan fingerprint density at radius 1 is 1.35 bits per heavy atom. The van der Waals surface area contributed by atoms with Crippen LogP contribution in [0.1, 0.15) is 60.8 Å². The van der Waals surface area contributed by atoms with E-state index in [1.807, 2.05) is 34.6 Å². The summed E-state index contributed by atoms with van der Waals surface area (Å²) < 4.78 is 19.5. The van der Waals surface area contributed by atoms with Crippen LogP contribution < -0.4 is 4.72 Å². The summed E-state index contributed by atoms with van der Waals surface area (Å²) in [4.78, 5) is 22.5. The lowest BCUT2D eigenvalue weighted by atomic mass is 9.95. The van der Waals surface area contributed by atoms with Crippen LogP contribution in [0.25, 0.3) is 0 Å². The van der Waals surface area contributed by atoms with Crippen LogP contribution in [0.3, 0.4) is 0 Å². The normalized spacial score (nSPS) is 16.0. The standard InChI is InChI=1S/C15H30N2O5S/c1-7-22-14(18)9-8-13(17(19)20)12(10-11(2)3)16-23(21)15(4,5)6/h11-13,16H,7-10H2,1-6H3/t12-,13?,23?/m1/s1. The molecule has 0 saturated heterocycles. The first-order chi connectivity index (χ1) is 10.5. The molecule has 0 bridgehead atoms. The molecule has 0 aromatic heterocycles. The summed E-state index contributed by atoms with van der Waals surface area (Å²) >= 11 is 0. The molecule has 2 unspecified atom stereocenters. The topological polar surface area (TPSA) is 98.5 Å². The molecule has 0 heterocycles. The quantitative estimate of drug-likeness (QED) is 0.371. The van der Waals surface area contributed by atoms with E-state index < -0.39 is 33.8 Å². The molecule has 7 nitrogen and oxygen atoms in total. The first-order valence-electron chi connectivity index (χ1n) is 7.96. The van der Waals surface area contributed by atoms with E-state index in [2.05, 4.69) is 4.72 Å². The average molecular weight is 350 g/mol. The Hall–Kier alpha value is -1.02. The summed E-state index contributed by atoms with van der Waals surface area (Å²) in [6.45, 7) is 11.3. The van der Waals surface area contributed by atoms with E-state index in [0.29, 0.717) is 6.42 Å². The number of esters is 1. The molecule has 8 heteroatoms. The number of nitrogens with zero attached hydrogens (tertiary/aromatic N) is 1. The first-order valence-corrected chi connectivity index (χ1v) is 9.11. The molecule has 23 heavy (non-hydrogen) atoms. The number of rotatable bonds is 10.